The average Bonchev–Trinajstić information content (AvgIpc) is 3.18. The van der Waals surface area contributed by atoms with Crippen LogP contribution in [0.5, 0.6) is 11.6 Å². The molecule has 0 saturated heterocycles. The van der Waals surface area contributed by atoms with Crippen LogP contribution in [0, 0.1) is 19.7 Å². The summed E-state index contributed by atoms with van der Waals surface area (Å²) in [5, 5.41) is 3.31. The topological polar surface area (TPSA) is 121 Å². The van der Waals surface area contributed by atoms with Crippen LogP contribution in [0.2, 0.25) is 0 Å². The number of halogens is 1. The van der Waals surface area contributed by atoms with Gasteiger partial charge in [-0.15, -0.1) is 0 Å². The van der Waals surface area contributed by atoms with E-state index < -0.39 is 5.82 Å². The Balaban J connectivity index is 1.65. The first-order valence-corrected chi connectivity index (χ1v) is 12.1. The third-order valence-electron chi connectivity index (χ3n) is 6.29. The highest BCUT2D eigenvalue weighted by Gasteiger charge is 2.24. The van der Waals surface area contributed by atoms with Crippen LogP contribution in [0.3, 0.4) is 0 Å². The average molecular weight is 524 g/mol. The maximum Gasteiger partial charge on any atom is 0.251 e. The predicted molar refractivity (Wildman–Crippen MR) is 149 cm³/mol. The smallest absolute Gasteiger partial charge is 0.251 e. The van der Waals surface area contributed by atoms with Gasteiger partial charge in [-0.3, -0.25) is 4.79 Å². The summed E-state index contributed by atoms with van der Waals surface area (Å²) < 4.78 is 23.0. The number of carbonyl (C=O) groups is 1. The second-order valence-corrected chi connectivity index (χ2v) is 9.22. The molecule has 39 heavy (non-hydrogen) atoms. The number of nitrogen functional groups attached to an aromatic ring is 1. The summed E-state index contributed by atoms with van der Waals surface area (Å²) in [4.78, 5) is 29.4. The Morgan fingerprint density at radius 1 is 1.13 bits per heavy atom. The molecule has 0 radical (unpaired) electrons. The molecular formula is C29H26FN7O2. The number of amides is 1. The van der Waals surface area contributed by atoms with Gasteiger partial charge in [-0.2, -0.15) is 0 Å². The van der Waals surface area contributed by atoms with Crippen LogP contribution in [0.1, 0.15) is 18.2 Å². The van der Waals surface area contributed by atoms with E-state index in [1.54, 1.807) is 43.5 Å². The lowest BCUT2D eigenvalue weighted by atomic mass is 9.97. The SMILES string of the molecule is C=C(C)C(=O)Nc1cc(C)c(-c2c(-c3ccc(Oc4cccc(C)n4)c(F)c3)c3c(N)ncnc3n2C)cn1. The minimum atomic E-state index is -0.568. The van der Waals surface area contributed by atoms with Crippen LogP contribution >= 0.6 is 0 Å². The number of anilines is 2. The van der Waals surface area contributed by atoms with Gasteiger partial charge in [-0.05, 0) is 56.2 Å². The minimum Gasteiger partial charge on any atom is -0.436 e. The molecule has 4 aromatic heterocycles. The van der Waals surface area contributed by atoms with Crippen molar-refractivity contribution in [3.8, 4) is 34.0 Å². The monoisotopic (exact) mass is 523 g/mol. The molecule has 1 aromatic carbocycles. The number of nitrogens with one attached hydrogen (secondary N) is 1. The summed E-state index contributed by atoms with van der Waals surface area (Å²) >= 11 is 0. The fourth-order valence-corrected chi connectivity index (χ4v) is 4.39. The number of carbonyl (C=O) groups excluding carboxylic acids is 1. The van der Waals surface area contributed by atoms with Crippen molar-refractivity contribution in [3.63, 3.8) is 0 Å². The first-order chi connectivity index (χ1) is 18.6. The van der Waals surface area contributed by atoms with Gasteiger partial charge in [0.15, 0.2) is 11.6 Å². The van der Waals surface area contributed by atoms with Crippen LogP contribution in [-0.4, -0.2) is 30.4 Å². The van der Waals surface area contributed by atoms with Gasteiger partial charge in [0.05, 0.1) is 11.1 Å². The first-order valence-electron chi connectivity index (χ1n) is 12.1. The Labute approximate surface area is 224 Å². The number of hydrogen-bond donors (Lipinski definition) is 2. The van der Waals surface area contributed by atoms with E-state index in [0.717, 1.165) is 16.8 Å². The van der Waals surface area contributed by atoms with Crippen LogP contribution in [0.4, 0.5) is 16.0 Å². The molecule has 5 rings (SSSR count). The normalized spacial score (nSPS) is 11.0. The first kappa shape index (κ1) is 25.5. The molecule has 0 fully saturated rings. The fourth-order valence-electron chi connectivity index (χ4n) is 4.39. The van der Waals surface area contributed by atoms with Crippen molar-refractivity contribution in [3.05, 3.63) is 84.2 Å². The summed E-state index contributed by atoms with van der Waals surface area (Å²) in [6.45, 7) is 9.01. The highest BCUT2D eigenvalue weighted by atomic mass is 19.1. The van der Waals surface area contributed by atoms with Crippen LogP contribution in [0.15, 0.2) is 67.1 Å². The largest absolute Gasteiger partial charge is 0.436 e. The molecule has 3 N–H and O–H groups in total. The third kappa shape index (κ3) is 4.79. The molecule has 0 bridgehead atoms. The quantitative estimate of drug-likeness (QED) is 0.272. The van der Waals surface area contributed by atoms with Crippen molar-refractivity contribution >= 4 is 28.6 Å². The highest BCUT2D eigenvalue weighted by molar-refractivity contribution is 6.08. The summed E-state index contributed by atoms with van der Waals surface area (Å²) in [7, 11) is 1.85. The van der Waals surface area contributed by atoms with Crippen molar-refractivity contribution in [1.82, 2.24) is 24.5 Å². The van der Waals surface area contributed by atoms with E-state index >= 15 is 4.39 Å². The van der Waals surface area contributed by atoms with Gasteiger partial charge in [0.2, 0.25) is 5.88 Å². The van der Waals surface area contributed by atoms with E-state index in [4.69, 9.17) is 10.5 Å². The molecule has 1 amide bonds. The number of nitrogens with two attached hydrogens (primary N) is 1. The fraction of sp³-hybridized carbons (Fsp3) is 0.138. The molecule has 0 saturated carbocycles. The number of nitrogens with zero attached hydrogens (tertiary/aromatic N) is 5. The van der Waals surface area contributed by atoms with Crippen LogP contribution in [-0.2, 0) is 11.8 Å². The van der Waals surface area contributed by atoms with Crippen molar-refractivity contribution < 1.29 is 13.9 Å². The number of rotatable bonds is 6. The number of aromatic nitrogens is 5. The number of pyridine rings is 2. The number of aryl methyl sites for hydroxylation is 3. The molecule has 9 nitrogen and oxygen atoms in total. The maximum absolute atomic E-state index is 15.4. The molecule has 0 aliphatic carbocycles. The zero-order valence-corrected chi connectivity index (χ0v) is 21.9. The van der Waals surface area contributed by atoms with Gasteiger partial charge < -0.3 is 20.4 Å². The van der Waals surface area contributed by atoms with Gasteiger partial charge in [0, 0.05) is 41.7 Å². The Hall–Kier alpha value is -5.12. The van der Waals surface area contributed by atoms with Crippen molar-refractivity contribution in [2.24, 2.45) is 7.05 Å². The molecule has 0 spiro atoms. The zero-order chi connectivity index (χ0) is 27.8. The highest BCUT2D eigenvalue weighted by Crippen LogP contribution is 2.43. The molecule has 4 heterocycles. The summed E-state index contributed by atoms with van der Waals surface area (Å²) in [5.41, 5.74) is 11.5. The third-order valence-corrected chi connectivity index (χ3v) is 6.29. The van der Waals surface area contributed by atoms with Crippen molar-refractivity contribution in [2.75, 3.05) is 11.1 Å². The lowest BCUT2D eigenvalue weighted by molar-refractivity contribution is -0.112. The maximum atomic E-state index is 15.4. The van der Waals surface area contributed by atoms with E-state index in [1.807, 2.05) is 31.5 Å². The molecule has 5 aromatic rings. The summed E-state index contributed by atoms with van der Waals surface area (Å²) in [5.74, 6) is 0.103. The van der Waals surface area contributed by atoms with E-state index in [2.05, 4.69) is 31.8 Å². The van der Waals surface area contributed by atoms with Gasteiger partial charge in [-0.1, -0.05) is 18.7 Å². The van der Waals surface area contributed by atoms with Gasteiger partial charge in [0.1, 0.15) is 23.6 Å². The Bertz CT molecular complexity index is 1780. The Kier molecular flexibility index (Phi) is 6.53. The van der Waals surface area contributed by atoms with Crippen molar-refractivity contribution in [2.45, 2.75) is 20.8 Å². The molecule has 0 aliphatic heterocycles. The van der Waals surface area contributed by atoms with E-state index in [9.17, 15) is 4.79 Å². The summed E-state index contributed by atoms with van der Waals surface area (Å²) in [6, 6.07) is 11.7. The van der Waals surface area contributed by atoms with E-state index in [-0.39, 0.29) is 17.5 Å². The lowest BCUT2D eigenvalue weighted by Crippen LogP contribution is -2.13. The molecule has 10 heteroatoms. The number of benzene rings is 1. The van der Waals surface area contributed by atoms with Gasteiger partial charge in [-0.25, -0.2) is 24.3 Å². The number of fused-ring (bicyclic) bond motifs is 1. The zero-order valence-electron chi connectivity index (χ0n) is 21.9. The molecule has 196 valence electrons. The summed E-state index contributed by atoms with van der Waals surface area (Å²) in [6.07, 6.45) is 3.04. The minimum absolute atomic E-state index is 0.0401. The van der Waals surface area contributed by atoms with Gasteiger partial charge >= 0.3 is 0 Å². The van der Waals surface area contributed by atoms with E-state index in [0.29, 0.717) is 45.1 Å². The molecule has 0 unspecified atom stereocenters. The molecule has 0 atom stereocenters. The number of ether oxygens (including phenoxy) is 1. The Morgan fingerprint density at radius 2 is 1.92 bits per heavy atom. The molecular weight excluding hydrogens is 497 g/mol. The van der Waals surface area contributed by atoms with Crippen molar-refractivity contribution in [1.29, 1.82) is 0 Å². The predicted octanol–water partition coefficient (Wildman–Crippen LogP) is 5.74. The Morgan fingerprint density at radius 3 is 2.62 bits per heavy atom. The van der Waals surface area contributed by atoms with Crippen LogP contribution < -0.4 is 15.8 Å². The number of hydrogen-bond acceptors (Lipinski definition) is 7. The lowest BCUT2D eigenvalue weighted by Gasteiger charge is -2.14. The van der Waals surface area contributed by atoms with E-state index in [1.165, 1.54) is 12.4 Å². The molecule has 0 aliphatic rings. The second-order valence-electron chi connectivity index (χ2n) is 9.22. The van der Waals surface area contributed by atoms with Gasteiger partial charge in [0.25, 0.3) is 5.91 Å². The van der Waals surface area contributed by atoms with Crippen LogP contribution in [0.25, 0.3) is 33.4 Å². The second kappa shape index (κ2) is 9.97. The standard InChI is InChI=1S/C29H26FN7O2/c1-15(2)29(38)36-22-11-16(3)19(13-32-22)26-24(25-27(31)33-14-34-28(25)37(26)5)18-9-10-21(20(30)12-18)39-23-8-6-7-17(4)35-23/h6-14H,1H2,2-5H3,(H2,31,33,34)(H,32,36,38).